The Morgan fingerprint density at radius 3 is 1.97 bits per heavy atom. The van der Waals surface area contributed by atoms with Gasteiger partial charge < -0.3 is 9.80 Å². The summed E-state index contributed by atoms with van der Waals surface area (Å²) in [6.45, 7) is 2.99. The number of hydrogen-bond donors (Lipinski definition) is 1. The van der Waals surface area contributed by atoms with E-state index in [2.05, 4.69) is 20.4 Å². The highest BCUT2D eigenvalue weighted by molar-refractivity contribution is 6.30. The Hall–Kier alpha value is -3.78. The van der Waals surface area contributed by atoms with Gasteiger partial charge in [-0.3, -0.25) is 14.6 Å². The Kier molecular flexibility index (Phi) is 4.86. The van der Waals surface area contributed by atoms with Crippen molar-refractivity contribution in [3.63, 3.8) is 0 Å². The van der Waals surface area contributed by atoms with E-state index in [1.165, 1.54) is 0 Å². The van der Waals surface area contributed by atoms with E-state index < -0.39 is 0 Å². The summed E-state index contributed by atoms with van der Waals surface area (Å²) in [6.07, 6.45) is 1.67. The van der Waals surface area contributed by atoms with Crippen LogP contribution < -0.4 is 0 Å². The maximum atomic E-state index is 13.2. The molecule has 4 aromatic rings. The normalized spacial score (nSPS) is 24.5. The van der Waals surface area contributed by atoms with Gasteiger partial charge in [-0.25, -0.2) is 0 Å². The minimum Gasteiger partial charge on any atom is -0.338 e. The largest absolute Gasteiger partial charge is 0.338 e. The van der Waals surface area contributed by atoms with Crippen LogP contribution in [0.2, 0.25) is 5.02 Å². The highest BCUT2D eigenvalue weighted by Crippen LogP contribution is 2.54. The number of nitrogens with one attached hydrogen (secondary N) is 1. The molecule has 1 saturated carbocycles. The van der Waals surface area contributed by atoms with Crippen LogP contribution in [-0.2, 0) is 0 Å². The molecule has 3 aliphatic rings. The zero-order valence-electron chi connectivity index (χ0n) is 19.3. The second-order valence-corrected chi connectivity index (χ2v) is 10.5. The van der Waals surface area contributed by atoms with E-state index >= 15 is 0 Å². The summed E-state index contributed by atoms with van der Waals surface area (Å²) in [4.78, 5) is 34.8. The van der Waals surface area contributed by atoms with Gasteiger partial charge in [-0.1, -0.05) is 23.7 Å². The van der Waals surface area contributed by atoms with Crippen LogP contribution >= 0.6 is 11.6 Å². The van der Waals surface area contributed by atoms with Crippen LogP contribution in [0.5, 0.6) is 0 Å². The van der Waals surface area contributed by atoms with E-state index in [0.717, 1.165) is 43.0 Å². The quantitative estimate of drug-likeness (QED) is 0.451. The van der Waals surface area contributed by atoms with Gasteiger partial charge in [-0.2, -0.15) is 15.4 Å². The molecular weight excluding hydrogens is 476 g/mol. The van der Waals surface area contributed by atoms with Crippen molar-refractivity contribution < 1.29 is 12.4 Å². The summed E-state index contributed by atoms with van der Waals surface area (Å²) in [7, 11) is 0. The van der Waals surface area contributed by atoms with Crippen LogP contribution in [0.25, 0.3) is 22.3 Å². The first-order chi connectivity index (χ1) is 17.5. The van der Waals surface area contributed by atoms with Crippen molar-refractivity contribution in [3.8, 4) is 11.3 Å². The van der Waals surface area contributed by atoms with Crippen LogP contribution in [0, 0.1) is 23.7 Å². The molecule has 1 aliphatic carbocycles. The van der Waals surface area contributed by atoms with Crippen molar-refractivity contribution in [2.24, 2.45) is 23.7 Å². The zero-order chi connectivity index (χ0) is 24.4. The molecular formula is C27H27ClN6O2. The van der Waals surface area contributed by atoms with Crippen molar-refractivity contribution in [1.29, 1.82) is 0 Å². The zero-order valence-corrected chi connectivity index (χ0v) is 20.1. The molecule has 4 atom stereocenters. The van der Waals surface area contributed by atoms with Crippen LogP contribution in [0.3, 0.4) is 0 Å². The lowest BCUT2D eigenvalue weighted by molar-refractivity contribution is 0.0629. The Balaban J connectivity index is 0.00000147. The van der Waals surface area contributed by atoms with Crippen LogP contribution in [-0.4, -0.2) is 68.2 Å². The SMILES string of the molecule is O=C(c1ccc(-c2ccc(Cl)cc2)nc1)N1CC2C(C1)[C@@H]1CN(C(=O)c3ccc4n[nH]nc4c3)C[C@H]21.[HH].[HH]. The van der Waals surface area contributed by atoms with Crippen molar-refractivity contribution in [2.75, 3.05) is 26.2 Å². The number of carbonyl (C=O) groups is 2. The number of pyridine rings is 1. The number of halogens is 1. The fourth-order valence-corrected chi connectivity index (χ4v) is 6.48. The van der Waals surface area contributed by atoms with Gasteiger partial charge in [0.1, 0.15) is 11.0 Å². The molecule has 8 nitrogen and oxygen atoms in total. The summed E-state index contributed by atoms with van der Waals surface area (Å²) >= 11 is 5.97. The van der Waals surface area contributed by atoms with Gasteiger partial charge in [-0.05, 0) is 66.1 Å². The van der Waals surface area contributed by atoms with Crippen LogP contribution in [0.15, 0.2) is 60.8 Å². The number of H-pyrrole nitrogens is 1. The molecule has 2 unspecified atom stereocenters. The molecule has 184 valence electrons. The number of fused-ring (bicyclic) bond motifs is 5. The highest BCUT2D eigenvalue weighted by atomic mass is 35.5. The van der Waals surface area contributed by atoms with E-state index in [1.54, 1.807) is 12.3 Å². The lowest BCUT2D eigenvalue weighted by atomic mass is 9.60. The summed E-state index contributed by atoms with van der Waals surface area (Å²) in [5.74, 6) is 1.90. The van der Waals surface area contributed by atoms with Gasteiger partial charge in [0.25, 0.3) is 11.8 Å². The third-order valence-corrected chi connectivity index (χ3v) is 8.46. The first kappa shape index (κ1) is 21.5. The van der Waals surface area contributed by atoms with E-state index in [0.29, 0.717) is 45.3 Å². The maximum Gasteiger partial charge on any atom is 0.255 e. The predicted molar refractivity (Wildman–Crippen MR) is 139 cm³/mol. The van der Waals surface area contributed by atoms with Gasteiger partial charge in [-0.15, -0.1) is 0 Å². The first-order valence-electron chi connectivity index (χ1n) is 12.2. The van der Waals surface area contributed by atoms with Crippen molar-refractivity contribution in [2.45, 2.75) is 0 Å². The van der Waals surface area contributed by atoms with E-state index in [1.807, 2.05) is 58.3 Å². The molecule has 0 radical (unpaired) electrons. The number of nitrogens with zero attached hydrogens (tertiary/aromatic N) is 5. The summed E-state index contributed by atoms with van der Waals surface area (Å²) < 4.78 is 0. The number of amides is 2. The Bertz CT molecular complexity index is 1480. The van der Waals surface area contributed by atoms with Gasteiger partial charge >= 0.3 is 0 Å². The fourth-order valence-electron chi connectivity index (χ4n) is 6.36. The summed E-state index contributed by atoms with van der Waals surface area (Å²) in [5.41, 5.74) is 4.48. The third kappa shape index (κ3) is 3.39. The lowest BCUT2D eigenvalue weighted by Crippen LogP contribution is -2.44. The molecule has 2 saturated heterocycles. The second kappa shape index (κ2) is 8.13. The minimum absolute atomic E-state index is 0. The number of rotatable bonds is 3. The standard InChI is InChI=1S/C27H23ClN6O2.2H2/c28-18-5-1-15(2-6-18)23-7-4-17(10-29-23)27(36)34-13-21-19-11-33(12-20(19)22(21)14-34)26(35)16-3-8-24-25(9-16)31-32-30-24;;/h1-10,19-22H,11-14H2,(H,30,31,32);2*1H/t19-,20+,21?,22?;;. The maximum absolute atomic E-state index is 13.2. The van der Waals surface area contributed by atoms with Gasteiger partial charge in [0.15, 0.2) is 0 Å². The molecule has 2 aliphatic heterocycles. The number of aromatic nitrogens is 4. The molecule has 2 aromatic heterocycles. The minimum atomic E-state index is 0. The molecule has 7 rings (SSSR count). The monoisotopic (exact) mass is 502 g/mol. The number of carbonyl (C=O) groups excluding carboxylic acids is 2. The van der Waals surface area contributed by atoms with Crippen molar-refractivity contribution >= 4 is 34.4 Å². The van der Waals surface area contributed by atoms with Gasteiger partial charge in [0.05, 0.1) is 11.3 Å². The molecule has 1 N–H and O–H groups in total. The molecule has 2 aromatic carbocycles. The van der Waals surface area contributed by atoms with Gasteiger partial charge in [0.2, 0.25) is 0 Å². The molecule has 0 spiro atoms. The summed E-state index contributed by atoms with van der Waals surface area (Å²) in [5, 5.41) is 11.4. The lowest BCUT2D eigenvalue weighted by Gasteiger charge is -2.42. The molecule has 9 heteroatoms. The smallest absolute Gasteiger partial charge is 0.255 e. The average Bonchev–Trinajstić information content (AvgIpc) is 3.62. The van der Waals surface area contributed by atoms with E-state index in [-0.39, 0.29) is 14.7 Å². The number of hydrogen-bond acceptors (Lipinski definition) is 5. The van der Waals surface area contributed by atoms with E-state index in [9.17, 15) is 9.59 Å². The van der Waals surface area contributed by atoms with Crippen molar-refractivity contribution in [3.05, 3.63) is 76.9 Å². The molecule has 0 bridgehead atoms. The third-order valence-electron chi connectivity index (χ3n) is 8.21. The second-order valence-electron chi connectivity index (χ2n) is 10.0. The summed E-state index contributed by atoms with van der Waals surface area (Å²) in [6, 6.07) is 16.7. The Labute approximate surface area is 215 Å². The number of likely N-dealkylation sites (tertiary alicyclic amines) is 2. The predicted octanol–water partition coefficient (Wildman–Crippen LogP) is 4.26. The topological polar surface area (TPSA) is 95.1 Å². The highest BCUT2D eigenvalue weighted by Gasteiger charge is 2.59. The Morgan fingerprint density at radius 1 is 0.778 bits per heavy atom. The molecule has 36 heavy (non-hydrogen) atoms. The average molecular weight is 503 g/mol. The van der Waals surface area contributed by atoms with E-state index in [4.69, 9.17) is 11.6 Å². The number of aromatic amines is 1. The van der Waals surface area contributed by atoms with Crippen LogP contribution in [0.1, 0.15) is 23.6 Å². The first-order valence-corrected chi connectivity index (χ1v) is 12.5. The van der Waals surface area contributed by atoms with Crippen LogP contribution in [0.4, 0.5) is 0 Å². The van der Waals surface area contributed by atoms with Gasteiger partial charge in [0, 0.05) is 51.4 Å². The molecule has 4 heterocycles. The Morgan fingerprint density at radius 2 is 1.36 bits per heavy atom. The van der Waals surface area contributed by atoms with Crippen molar-refractivity contribution in [1.82, 2.24) is 30.2 Å². The number of benzene rings is 2. The molecule has 2 amide bonds. The fraction of sp³-hybridized carbons (Fsp3) is 0.296. The molecule has 3 fully saturated rings.